The Hall–Kier alpha value is -2.07. The number of carbonyl (C=O) groups is 1. The van der Waals surface area contributed by atoms with Crippen LogP contribution in [-0.4, -0.2) is 17.6 Å². The first-order valence-electron chi connectivity index (χ1n) is 5.14. The van der Waals surface area contributed by atoms with E-state index in [9.17, 15) is 13.6 Å². The lowest BCUT2D eigenvalue weighted by molar-refractivity contribution is 0.0513. The number of carbonyl (C=O) groups excluding carboxylic acids is 1. The molecule has 0 bridgehead atoms. The molecule has 0 spiro atoms. The molecule has 0 radical (unpaired) electrons. The van der Waals surface area contributed by atoms with Gasteiger partial charge in [-0.25, -0.2) is 18.6 Å². The van der Waals surface area contributed by atoms with Crippen LogP contribution in [0.3, 0.4) is 0 Å². The fourth-order valence-electron chi connectivity index (χ4n) is 1.47. The minimum Gasteiger partial charge on any atom is -0.462 e. The zero-order valence-electron chi connectivity index (χ0n) is 9.61. The Morgan fingerprint density at radius 1 is 1.67 bits per heavy atom. The molecular formula is C11H11F2N3O2. The molecule has 0 saturated heterocycles. The lowest BCUT2D eigenvalue weighted by atomic mass is 10.0. The number of hydrogen-bond acceptors (Lipinski definition) is 5. The second kappa shape index (κ2) is 6.02. The molecule has 0 fully saturated rings. The maximum atomic E-state index is 12.8. The molecule has 5 nitrogen and oxygen atoms in total. The molecule has 96 valence electrons. The SMILES string of the molecule is CCOC(=O)c1c(C(F)F)cnc(C#N)c1CN. The molecule has 0 aliphatic rings. The summed E-state index contributed by atoms with van der Waals surface area (Å²) in [5, 5.41) is 8.81. The van der Waals surface area contributed by atoms with E-state index in [1.165, 1.54) is 0 Å². The van der Waals surface area contributed by atoms with Crippen LogP contribution in [0.2, 0.25) is 0 Å². The van der Waals surface area contributed by atoms with E-state index in [1.54, 1.807) is 13.0 Å². The summed E-state index contributed by atoms with van der Waals surface area (Å²) in [6, 6.07) is 1.71. The summed E-state index contributed by atoms with van der Waals surface area (Å²) in [6.07, 6.45) is -2.09. The standard InChI is InChI=1S/C11H11F2N3O2/c1-2-18-11(17)9-6(3-14)8(4-15)16-5-7(9)10(12)13/h5,10H,2-3,14H2,1H3. The molecule has 0 aliphatic heterocycles. The van der Waals surface area contributed by atoms with Crippen molar-refractivity contribution in [3.05, 3.63) is 28.6 Å². The van der Waals surface area contributed by atoms with E-state index < -0.39 is 18.0 Å². The lowest BCUT2D eigenvalue weighted by Gasteiger charge is -2.12. The van der Waals surface area contributed by atoms with Crippen LogP contribution in [0.15, 0.2) is 6.20 Å². The van der Waals surface area contributed by atoms with Gasteiger partial charge in [0.2, 0.25) is 0 Å². The number of aromatic nitrogens is 1. The number of alkyl halides is 2. The molecule has 0 amide bonds. The molecule has 0 saturated carbocycles. The van der Waals surface area contributed by atoms with Crippen molar-refractivity contribution in [2.45, 2.75) is 19.9 Å². The summed E-state index contributed by atoms with van der Waals surface area (Å²) in [6.45, 7) is 1.34. The second-order valence-electron chi connectivity index (χ2n) is 3.25. The van der Waals surface area contributed by atoms with Gasteiger partial charge in [0, 0.05) is 18.3 Å². The summed E-state index contributed by atoms with van der Waals surface area (Å²) < 4.78 is 30.3. The third-order valence-electron chi connectivity index (χ3n) is 2.23. The molecule has 0 aromatic carbocycles. The Bertz CT molecular complexity index is 498. The molecule has 18 heavy (non-hydrogen) atoms. The van der Waals surface area contributed by atoms with Gasteiger partial charge in [-0.3, -0.25) is 0 Å². The molecule has 7 heteroatoms. The van der Waals surface area contributed by atoms with Crippen LogP contribution in [-0.2, 0) is 11.3 Å². The van der Waals surface area contributed by atoms with E-state index in [2.05, 4.69) is 4.98 Å². The number of hydrogen-bond donors (Lipinski definition) is 1. The zero-order chi connectivity index (χ0) is 13.7. The zero-order valence-corrected chi connectivity index (χ0v) is 9.61. The smallest absolute Gasteiger partial charge is 0.339 e. The Labute approximate surface area is 102 Å². The fourth-order valence-corrected chi connectivity index (χ4v) is 1.47. The summed E-state index contributed by atoms with van der Waals surface area (Å²) in [5.41, 5.74) is 4.28. The van der Waals surface area contributed by atoms with Crippen molar-refractivity contribution in [2.75, 3.05) is 6.61 Å². The van der Waals surface area contributed by atoms with Gasteiger partial charge in [-0.1, -0.05) is 0 Å². The van der Waals surface area contributed by atoms with Crippen molar-refractivity contribution in [1.82, 2.24) is 4.98 Å². The predicted octanol–water partition coefficient (Wildman–Crippen LogP) is 1.53. The first-order chi connectivity index (χ1) is 8.56. The molecule has 0 atom stereocenters. The van der Waals surface area contributed by atoms with Gasteiger partial charge in [-0.05, 0) is 6.92 Å². The fraction of sp³-hybridized carbons (Fsp3) is 0.364. The van der Waals surface area contributed by atoms with E-state index >= 15 is 0 Å². The van der Waals surface area contributed by atoms with Crippen LogP contribution in [0.5, 0.6) is 0 Å². The Morgan fingerprint density at radius 2 is 2.33 bits per heavy atom. The summed E-state index contributed by atoms with van der Waals surface area (Å²) in [5.74, 6) is -0.924. The molecule has 1 rings (SSSR count). The first kappa shape index (κ1) is 14.0. The normalized spacial score (nSPS) is 10.2. The van der Waals surface area contributed by atoms with Gasteiger partial charge in [-0.15, -0.1) is 0 Å². The van der Waals surface area contributed by atoms with Crippen molar-refractivity contribution in [3.63, 3.8) is 0 Å². The third kappa shape index (κ3) is 2.60. The van der Waals surface area contributed by atoms with Crippen LogP contribution in [0.25, 0.3) is 0 Å². The number of esters is 1. The summed E-state index contributed by atoms with van der Waals surface area (Å²) in [4.78, 5) is 15.2. The van der Waals surface area contributed by atoms with Crippen molar-refractivity contribution in [3.8, 4) is 6.07 Å². The molecule has 1 aromatic heterocycles. The topological polar surface area (TPSA) is 89.0 Å². The summed E-state index contributed by atoms with van der Waals surface area (Å²) >= 11 is 0. The van der Waals surface area contributed by atoms with Gasteiger partial charge in [0.15, 0.2) is 0 Å². The third-order valence-corrected chi connectivity index (χ3v) is 2.23. The number of halogens is 2. The van der Waals surface area contributed by atoms with Crippen LogP contribution in [0.1, 0.15) is 40.5 Å². The number of nitrogens with zero attached hydrogens (tertiary/aromatic N) is 2. The van der Waals surface area contributed by atoms with Crippen molar-refractivity contribution in [2.24, 2.45) is 5.73 Å². The van der Waals surface area contributed by atoms with Gasteiger partial charge in [0.05, 0.1) is 17.7 Å². The first-order valence-corrected chi connectivity index (χ1v) is 5.14. The molecule has 0 aliphatic carbocycles. The number of nitrogens with two attached hydrogens (primary N) is 1. The average molecular weight is 255 g/mol. The largest absolute Gasteiger partial charge is 0.462 e. The Kier molecular flexibility index (Phi) is 4.68. The minimum absolute atomic E-state index is 0.0197. The van der Waals surface area contributed by atoms with Crippen molar-refractivity contribution < 1.29 is 18.3 Å². The number of nitriles is 1. The van der Waals surface area contributed by atoms with Gasteiger partial charge in [-0.2, -0.15) is 5.26 Å². The van der Waals surface area contributed by atoms with Gasteiger partial charge >= 0.3 is 5.97 Å². The average Bonchev–Trinajstić information content (AvgIpc) is 2.36. The molecule has 1 aromatic rings. The maximum Gasteiger partial charge on any atom is 0.339 e. The van der Waals surface area contributed by atoms with Gasteiger partial charge in [0.25, 0.3) is 6.43 Å². The monoisotopic (exact) mass is 255 g/mol. The highest BCUT2D eigenvalue weighted by Crippen LogP contribution is 2.26. The molecular weight excluding hydrogens is 244 g/mol. The number of ether oxygens (including phenoxy) is 1. The van der Waals surface area contributed by atoms with Gasteiger partial charge < -0.3 is 10.5 Å². The van der Waals surface area contributed by atoms with E-state index in [1.807, 2.05) is 0 Å². The van der Waals surface area contributed by atoms with Crippen LogP contribution in [0.4, 0.5) is 8.78 Å². The quantitative estimate of drug-likeness (QED) is 0.824. The predicted molar refractivity (Wildman–Crippen MR) is 57.8 cm³/mol. The Morgan fingerprint density at radius 3 is 2.78 bits per heavy atom. The van der Waals surface area contributed by atoms with E-state index in [0.717, 1.165) is 6.20 Å². The lowest BCUT2D eigenvalue weighted by Crippen LogP contribution is -2.16. The van der Waals surface area contributed by atoms with Crippen LogP contribution in [0, 0.1) is 11.3 Å². The molecule has 0 unspecified atom stereocenters. The minimum atomic E-state index is -2.89. The highest BCUT2D eigenvalue weighted by Gasteiger charge is 2.25. The van der Waals surface area contributed by atoms with Crippen molar-refractivity contribution in [1.29, 1.82) is 5.26 Å². The number of rotatable bonds is 4. The van der Waals surface area contributed by atoms with Gasteiger partial charge in [0.1, 0.15) is 11.8 Å². The van der Waals surface area contributed by atoms with Crippen LogP contribution < -0.4 is 5.73 Å². The highest BCUT2D eigenvalue weighted by atomic mass is 19.3. The maximum absolute atomic E-state index is 12.8. The number of pyridine rings is 1. The second-order valence-corrected chi connectivity index (χ2v) is 3.25. The molecule has 1 heterocycles. The van der Waals surface area contributed by atoms with E-state index in [4.69, 9.17) is 15.7 Å². The van der Waals surface area contributed by atoms with Crippen molar-refractivity contribution >= 4 is 5.97 Å². The van der Waals surface area contributed by atoms with E-state index in [-0.39, 0.29) is 30.0 Å². The summed E-state index contributed by atoms with van der Waals surface area (Å²) in [7, 11) is 0. The van der Waals surface area contributed by atoms with Crippen LogP contribution >= 0.6 is 0 Å². The molecule has 2 N–H and O–H groups in total. The highest BCUT2D eigenvalue weighted by molar-refractivity contribution is 5.93. The Balaban J connectivity index is 3.49. The van der Waals surface area contributed by atoms with E-state index in [0.29, 0.717) is 0 Å².